The molecule has 2 aliphatic carbocycles. The highest BCUT2D eigenvalue weighted by atomic mass is 14.7. The monoisotopic (exact) mass is 204 g/mol. The smallest absolute Gasteiger partial charge is 0.00330 e. The molecule has 15 heavy (non-hydrogen) atoms. The average Bonchev–Trinajstić information content (AvgIpc) is 2.38. The first-order chi connectivity index (χ1) is 6.80. The highest BCUT2D eigenvalue weighted by Gasteiger charge is 2.68. The van der Waals surface area contributed by atoms with Gasteiger partial charge in [-0.1, -0.05) is 39.0 Å². The third-order valence-electron chi connectivity index (χ3n) is 5.46. The van der Waals surface area contributed by atoms with Gasteiger partial charge >= 0.3 is 0 Å². The van der Waals surface area contributed by atoms with E-state index in [-0.39, 0.29) is 0 Å². The number of hydrogen-bond donors (Lipinski definition) is 0. The van der Waals surface area contributed by atoms with Crippen molar-refractivity contribution in [3.63, 3.8) is 0 Å². The van der Waals surface area contributed by atoms with Crippen molar-refractivity contribution >= 4 is 0 Å². The maximum Gasteiger partial charge on any atom is 0.00330 e. The number of hydrogen-bond acceptors (Lipinski definition) is 0. The van der Waals surface area contributed by atoms with Crippen LogP contribution >= 0.6 is 0 Å². The van der Waals surface area contributed by atoms with Gasteiger partial charge in [-0.2, -0.15) is 0 Å². The summed E-state index contributed by atoms with van der Waals surface area (Å²) in [5.74, 6) is 0.825. The van der Waals surface area contributed by atoms with Gasteiger partial charge in [0, 0.05) is 5.41 Å². The molecule has 3 atom stereocenters. The first-order valence-electron chi connectivity index (χ1n) is 6.10. The highest BCUT2D eigenvalue weighted by Crippen LogP contribution is 2.76. The zero-order valence-electron chi connectivity index (χ0n) is 10.7. The van der Waals surface area contributed by atoms with Gasteiger partial charge in [-0.3, -0.25) is 0 Å². The molecule has 0 N–H and O–H groups in total. The predicted molar refractivity (Wildman–Crippen MR) is 66.7 cm³/mol. The SMILES string of the molecule is C=C[C@]1(C)CC[C@@H]2C(C)(C)C[C@@]21C(=C)C. The first kappa shape index (κ1) is 11.0. The topological polar surface area (TPSA) is 0 Å². The van der Waals surface area contributed by atoms with E-state index in [0.717, 1.165) is 5.92 Å². The lowest BCUT2D eigenvalue weighted by Gasteiger charge is -2.63. The molecule has 84 valence electrons. The van der Waals surface area contributed by atoms with E-state index in [2.05, 4.69) is 46.9 Å². The Labute approximate surface area is 94.5 Å². The van der Waals surface area contributed by atoms with Crippen molar-refractivity contribution in [1.29, 1.82) is 0 Å². The number of rotatable bonds is 2. The van der Waals surface area contributed by atoms with Crippen LogP contribution in [0.4, 0.5) is 0 Å². The van der Waals surface area contributed by atoms with Gasteiger partial charge < -0.3 is 0 Å². The molecule has 2 saturated carbocycles. The van der Waals surface area contributed by atoms with Gasteiger partial charge in [-0.15, -0.1) is 6.58 Å². The third kappa shape index (κ3) is 1.03. The van der Waals surface area contributed by atoms with Crippen LogP contribution in [0.2, 0.25) is 0 Å². The Bertz CT molecular complexity index is 323. The Balaban J connectivity index is 2.46. The summed E-state index contributed by atoms with van der Waals surface area (Å²) in [4.78, 5) is 0. The average molecular weight is 204 g/mol. The molecule has 0 spiro atoms. The molecule has 2 fully saturated rings. The summed E-state index contributed by atoms with van der Waals surface area (Å²) in [6, 6.07) is 0. The lowest BCUT2D eigenvalue weighted by atomic mass is 9.41. The molecule has 2 rings (SSSR count). The number of fused-ring (bicyclic) bond motifs is 1. The van der Waals surface area contributed by atoms with Crippen molar-refractivity contribution in [3.05, 3.63) is 24.8 Å². The molecule has 0 aliphatic heterocycles. The standard InChI is InChI=1S/C15H24/c1-7-14(6)9-8-12-13(4,5)10-15(12,14)11(2)3/h7,12H,1-2,8-10H2,3-6H3/t12-,14-,15-/m1/s1. The minimum Gasteiger partial charge on any atom is -0.103 e. The van der Waals surface area contributed by atoms with Crippen molar-refractivity contribution in [2.75, 3.05) is 0 Å². The fraction of sp³-hybridized carbons (Fsp3) is 0.733. The molecule has 0 unspecified atom stereocenters. The summed E-state index contributed by atoms with van der Waals surface area (Å²) in [5, 5.41) is 0. The zero-order chi connectivity index (χ0) is 11.5. The van der Waals surface area contributed by atoms with Gasteiger partial charge in [0.05, 0.1) is 0 Å². The van der Waals surface area contributed by atoms with Gasteiger partial charge in [0.15, 0.2) is 0 Å². The van der Waals surface area contributed by atoms with E-state index in [9.17, 15) is 0 Å². The highest BCUT2D eigenvalue weighted by molar-refractivity contribution is 5.31. The second-order valence-corrected chi connectivity index (χ2v) is 6.63. The summed E-state index contributed by atoms with van der Waals surface area (Å²) in [6.45, 7) is 17.8. The molecule has 0 radical (unpaired) electrons. The Kier molecular flexibility index (Phi) is 2.04. The van der Waals surface area contributed by atoms with Crippen molar-refractivity contribution in [2.45, 2.75) is 47.0 Å². The van der Waals surface area contributed by atoms with Crippen LogP contribution in [-0.2, 0) is 0 Å². The molecule has 0 saturated heterocycles. The second kappa shape index (κ2) is 2.78. The van der Waals surface area contributed by atoms with E-state index in [0.29, 0.717) is 16.2 Å². The molecule has 0 aromatic heterocycles. The lowest BCUT2D eigenvalue weighted by molar-refractivity contribution is -0.0958. The molecule has 0 nitrogen and oxygen atoms in total. The zero-order valence-corrected chi connectivity index (χ0v) is 10.7. The fourth-order valence-corrected chi connectivity index (χ4v) is 4.63. The van der Waals surface area contributed by atoms with Gasteiger partial charge in [0.1, 0.15) is 0 Å². The minimum atomic E-state index is 0.291. The quantitative estimate of drug-likeness (QED) is 0.577. The van der Waals surface area contributed by atoms with Crippen molar-refractivity contribution in [3.8, 4) is 0 Å². The Morgan fingerprint density at radius 1 is 1.33 bits per heavy atom. The Morgan fingerprint density at radius 3 is 2.33 bits per heavy atom. The van der Waals surface area contributed by atoms with Crippen LogP contribution in [0.3, 0.4) is 0 Å². The van der Waals surface area contributed by atoms with Crippen LogP contribution < -0.4 is 0 Å². The third-order valence-corrected chi connectivity index (χ3v) is 5.46. The van der Waals surface area contributed by atoms with Crippen LogP contribution in [0.25, 0.3) is 0 Å². The van der Waals surface area contributed by atoms with E-state index in [1.807, 2.05) is 0 Å². The van der Waals surface area contributed by atoms with Gasteiger partial charge in [0.2, 0.25) is 0 Å². The number of allylic oxidation sites excluding steroid dienone is 2. The fourth-order valence-electron chi connectivity index (χ4n) is 4.63. The van der Waals surface area contributed by atoms with Crippen LogP contribution in [0.15, 0.2) is 24.8 Å². The van der Waals surface area contributed by atoms with Crippen LogP contribution in [0, 0.1) is 22.2 Å². The maximum atomic E-state index is 4.27. The van der Waals surface area contributed by atoms with E-state index in [4.69, 9.17) is 0 Å². The van der Waals surface area contributed by atoms with Gasteiger partial charge in [-0.05, 0) is 42.9 Å². The van der Waals surface area contributed by atoms with Gasteiger partial charge in [0.25, 0.3) is 0 Å². The first-order valence-corrected chi connectivity index (χ1v) is 6.10. The molecular weight excluding hydrogens is 180 g/mol. The van der Waals surface area contributed by atoms with E-state index >= 15 is 0 Å². The van der Waals surface area contributed by atoms with E-state index in [1.165, 1.54) is 24.8 Å². The van der Waals surface area contributed by atoms with Crippen molar-refractivity contribution in [1.82, 2.24) is 0 Å². The molecule has 0 amide bonds. The van der Waals surface area contributed by atoms with Crippen LogP contribution in [-0.4, -0.2) is 0 Å². The molecule has 0 aromatic carbocycles. The van der Waals surface area contributed by atoms with Crippen LogP contribution in [0.1, 0.15) is 47.0 Å². The molecule has 0 bridgehead atoms. The maximum absolute atomic E-state index is 4.27. The minimum absolute atomic E-state index is 0.291. The molecule has 2 aliphatic rings. The summed E-state index contributed by atoms with van der Waals surface area (Å²) >= 11 is 0. The predicted octanol–water partition coefficient (Wildman–Crippen LogP) is 4.58. The normalized spacial score (nSPS) is 46.8. The summed E-state index contributed by atoms with van der Waals surface area (Å²) in [6.07, 6.45) is 6.12. The Hall–Kier alpha value is -0.520. The molecule has 0 heteroatoms. The second-order valence-electron chi connectivity index (χ2n) is 6.63. The lowest BCUT2D eigenvalue weighted by Crippen LogP contribution is -2.56. The van der Waals surface area contributed by atoms with Crippen LogP contribution in [0.5, 0.6) is 0 Å². The molecule has 0 aromatic rings. The van der Waals surface area contributed by atoms with E-state index in [1.54, 1.807) is 0 Å². The van der Waals surface area contributed by atoms with Crippen molar-refractivity contribution < 1.29 is 0 Å². The largest absolute Gasteiger partial charge is 0.103 e. The van der Waals surface area contributed by atoms with E-state index < -0.39 is 0 Å². The van der Waals surface area contributed by atoms with Gasteiger partial charge in [-0.25, -0.2) is 0 Å². The molecule has 0 heterocycles. The Morgan fingerprint density at radius 2 is 1.93 bits per heavy atom. The summed E-state index contributed by atoms with van der Waals surface area (Å²) < 4.78 is 0. The molecular formula is C15H24. The summed E-state index contributed by atoms with van der Waals surface area (Å²) in [7, 11) is 0. The van der Waals surface area contributed by atoms with Crippen molar-refractivity contribution in [2.24, 2.45) is 22.2 Å². The summed E-state index contributed by atoms with van der Waals surface area (Å²) in [5.41, 5.74) is 2.54.